The van der Waals surface area contributed by atoms with Crippen molar-refractivity contribution in [1.29, 1.82) is 0 Å². The maximum atomic E-state index is 12.8. The van der Waals surface area contributed by atoms with Crippen LogP contribution in [0.25, 0.3) is 10.2 Å². The number of methoxy groups -OCH3 is 1. The fraction of sp³-hybridized carbons (Fsp3) is 0.318. The lowest BCUT2D eigenvalue weighted by atomic mass is 10.2. The van der Waals surface area contributed by atoms with Crippen molar-refractivity contribution in [2.45, 2.75) is 32.7 Å². The number of fused-ring (bicyclic) bond motifs is 1. The summed E-state index contributed by atoms with van der Waals surface area (Å²) < 4.78 is 13.2. The molecule has 1 aromatic heterocycles. The first-order chi connectivity index (χ1) is 14.1. The number of amides is 1. The maximum absolute atomic E-state index is 12.8. The molecule has 3 aromatic rings. The smallest absolute Gasteiger partial charge is 0.325 e. The summed E-state index contributed by atoms with van der Waals surface area (Å²) in [5.74, 6) is -0.125. The highest BCUT2D eigenvalue weighted by Crippen LogP contribution is 2.18. The number of para-hydroxylation sites is 1. The zero-order valence-electron chi connectivity index (χ0n) is 16.6. The number of aromatic nitrogens is 1. The normalized spacial score (nSPS) is 11.6. The number of thiazole rings is 1. The molecule has 29 heavy (non-hydrogen) atoms. The Balaban J connectivity index is 1.90. The van der Waals surface area contributed by atoms with Gasteiger partial charge in [-0.25, -0.2) is 0 Å². The molecule has 152 valence electrons. The summed E-state index contributed by atoms with van der Waals surface area (Å²) in [6.07, 6.45) is 3.22. The SMILES string of the molecule is CCCCCOc1cccc(C(=O)N=c2sc3ccccc3n2CC(=O)OC)c1. The van der Waals surface area contributed by atoms with Gasteiger partial charge in [0.2, 0.25) is 0 Å². The number of hydrogen-bond acceptors (Lipinski definition) is 5. The molecule has 0 fully saturated rings. The molecular formula is C22H24N2O4S. The minimum absolute atomic E-state index is 0.00674. The van der Waals surface area contributed by atoms with E-state index in [0.717, 1.165) is 29.5 Å². The highest BCUT2D eigenvalue weighted by molar-refractivity contribution is 7.16. The van der Waals surface area contributed by atoms with Crippen molar-refractivity contribution in [2.75, 3.05) is 13.7 Å². The maximum Gasteiger partial charge on any atom is 0.325 e. The van der Waals surface area contributed by atoms with Crippen LogP contribution in [0.2, 0.25) is 0 Å². The molecule has 0 radical (unpaired) electrons. The van der Waals surface area contributed by atoms with Gasteiger partial charge in [0, 0.05) is 5.56 Å². The van der Waals surface area contributed by atoms with Gasteiger partial charge in [0.25, 0.3) is 5.91 Å². The standard InChI is InChI=1S/C22H24N2O4S/c1-3-4-7-13-28-17-10-8-9-16(14-17)21(26)23-22-24(15-20(25)27-2)18-11-5-6-12-19(18)29-22/h5-6,8-12,14H,3-4,7,13,15H2,1-2H3. The molecule has 0 spiro atoms. The van der Waals surface area contributed by atoms with E-state index in [1.807, 2.05) is 30.3 Å². The molecule has 0 N–H and O–H groups in total. The van der Waals surface area contributed by atoms with Crippen LogP contribution in [0.5, 0.6) is 5.75 Å². The molecule has 0 aliphatic carbocycles. The molecule has 0 unspecified atom stereocenters. The molecule has 0 aliphatic rings. The Bertz CT molecular complexity index is 1070. The highest BCUT2D eigenvalue weighted by atomic mass is 32.1. The number of esters is 1. The van der Waals surface area contributed by atoms with Crippen LogP contribution in [-0.4, -0.2) is 30.2 Å². The Morgan fingerprint density at radius 3 is 2.72 bits per heavy atom. The molecule has 0 saturated carbocycles. The lowest BCUT2D eigenvalue weighted by molar-refractivity contribution is -0.141. The van der Waals surface area contributed by atoms with Gasteiger partial charge in [0.05, 0.1) is 23.9 Å². The molecule has 0 aliphatic heterocycles. The second-order valence-corrected chi connectivity index (χ2v) is 7.52. The number of ether oxygens (including phenoxy) is 2. The fourth-order valence-corrected chi connectivity index (χ4v) is 3.89. The van der Waals surface area contributed by atoms with E-state index in [1.165, 1.54) is 18.4 Å². The lowest BCUT2D eigenvalue weighted by Crippen LogP contribution is -2.22. The summed E-state index contributed by atoms with van der Waals surface area (Å²) in [6.45, 7) is 2.76. The predicted octanol–water partition coefficient (Wildman–Crippen LogP) is 4.19. The van der Waals surface area contributed by atoms with Gasteiger partial charge < -0.3 is 14.0 Å². The number of hydrogen-bond donors (Lipinski definition) is 0. The van der Waals surface area contributed by atoms with E-state index < -0.39 is 5.97 Å². The average molecular weight is 413 g/mol. The largest absolute Gasteiger partial charge is 0.494 e. The molecule has 3 rings (SSSR count). The minimum atomic E-state index is -0.398. The summed E-state index contributed by atoms with van der Waals surface area (Å²) in [5.41, 5.74) is 1.28. The van der Waals surface area contributed by atoms with Crippen molar-refractivity contribution < 1.29 is 19.1 Å². The Kier molecular flexibility index (Phi) is 7.19. The van der Waals surface area contributed by atoms with Gasteiger partial charge >= 0.3 is 5.97 Å². The third-order valence-corrected chi connectivity index (χ3v) is 5.46. The monoisotopic (exact) mass is 412 g/mol. The molecule has 2 aromatic carbocycles. The zero-order valence-corrected chi connectivity index (χ0v) is 17.4. The molecule has 0 saturated heterocycles. The van der Waals surface area contributed by atoms with Crippen molar-refractivity contribution in [3.05, 3.63) is 58.9 Å². The van der Waals surface area contributed by atoms with Gasteiger partial charge in [-0.15, -0.1) is 0 Å². The van der Waals surface area contributed by atoms with Gasteiger partial charge in [-0.1, -0.05) is 49.3 Å². The van der Waals surface area contributed by atoms with Gasteiger partial charge in [-0.2, -0.15) is 4.99 Å². The first-order valence-corrected chi connectivity index (χ1v) is 10.4. The van der Waals surface area contributed by atoms with Crippen LogP contribution in [-0.2, 0) is 16.1 Å². The molecule has 6 nitrogen and oxygen atoms in total. The number of nitrogens with zero attached hydrogens (tertiary/aromatic N) is 2. The molecule has 0 bridgehead atoms. The van der Waals surface area contributed by atoms with E-state index in [9.17, 15) is 9.59 Å². The number of carbonyl (C=O) groups is 2. The molecule has 1 heterocycles. The summed E-state index contributed by atoms with van der Waals surface area (Å²) in [6, 6.07) is 14.6. The van der Waals surface area contributed by atoms with Crippen molar-refractivity contribution in [3.63, 3.8) is 0 Å². The minimum Gasteiger partial charge on any atom is -0.494 e. The molecule has 1 amide bonds. The third kappa shape index (κ3) is 5.32. The van der Waals surface area contributed by atoms with Crippen LogP contribution >= 0.6 is 11.3 Å². The second kappa shape index (κ2) is 10.0. The van der Waals surface area contributed by atoms with E-state index in [1.54, 1.807) is 22.8 Å². The van der Waals surface area contributed by atoms with Gasteiger partial charge in [-0.3, -0.25) is 9.59 Å². The Morgan fingerprint density at radius 1 is 1.10 bits per heavy atom. The zero-order chi connectivity index (χ0) is 20.6. The molecule has 7 heteroatoms. The number of carbonyl (C=O) groups excluding carboxylic acids is 2. The van der Waals surface area contributed by atoms with E-state index >= 15 is 0 Å². The number of rotatable bonds is 8. The van der Waals surface area contributed by atoms with Crippen LogP contribution in [0.15, 0.2) is 53.5 Å². The summed E-state index contributed by atoms with van der Waals surface area (Å²) in [7, 11) is 1.34. The lowest BCUT2D eigenvalue weighted by Gasteiger charge is -2.06. The van der Waals surface area contributed by atoms with Crippen LogP contribution < -0.4 is 9.54 Å². The van der Waals surface area contributed by atoms with E-state index in [2.05, 4.69) is 11.9 Å². The van der Waals surface area contributed by atoms with Crippen LogP contribution in [0, 0.1) is 0 Å². The van der Waals surface area contributed by atoms with E-state index in [-0.39, 0.29) is 12.5 Å². The van der Waals surface area contributed by atoms with Crippen molar-refractivity contribution in [2.24, 2.45) is 4.99 Å². The fourth-order valence-electron chi connectivity index (χ4n) is 2.86. The number of unbranched alkanes of at least 4 members (excludes halogenated alkanes) is 2. The third-order valence-electron chi connectivity index (χ3n) is 4.40. The van der Waals surface area contributed by atoms with Crippen molar-refractivity contribution >= 4 is 33.4 Å². The van der Waals surface area contributed by atoms with Gasteiger partial charge in [0.15, 0.2) is 4.80 Å². The predicted molar refractivity (Wildman–Crippen MR) is 113 cm³/mol. The van der Waals surface area contributed by atoms with Crippen molar-refractivity contribution in [1.82, 2.24) is 4.57 Å². The first-order valence-electron chi connectivity index (χ1n) is 9.59. The average Bonchev–Trinajstić information content (AvgIpc) is 3.08. The van der Waals surface area contributed by atoms with Gasteiger partial charge in [-0.05, 0) is 36.8 Å². The topological polar surface area (TPSA) is 69.9 Å². The van der Waals surface area contributed by atoms with Crippen molar-refractivity contribution in [3.8, 4) is 5.75 Å². The highest BCUT2D eigenvalue weighted by Gasteiger charge is 2.12. The molecular weight excluding hydrogens is 388 g/mol. The molecule has 0 atom stereocenters. The number of benzene rings is 2. The van der Waals surface area contributed by atoms with Crippen LogP contribution in [0.1, 0.15) is 36.5 Å². The summed E-state index contributed by atoms with van der Waals surface area (Å²) in [4.78, 5) is 29.4. The quantitative estimate of drug-likeness (QED) is 0.411. The Hall–Kier alpha value is -2.93. The summed E-state index contributed by atoms with van der Waals surface area (Å²) in [5, 5.41) is 0. The Labute approximate surface area is 173 Å². The van der Waals surface area contributed by atoms with Crippen LogP contribution in [0.4, 0.5) is 0 Å². The van der Waals surface area contributed by atoms with Crippen LogP contribution in [0.3, 0.4) is 0 Å². The second-order valence-electron chi connectivity index (χ2n) is 6.51. The first kappa shape index (κ1) is 20.8. The summed E-state index contributed by atoms with van der Waals surface area (Å²) >= 11 is 1.36. The Morgan fingerprint density at radius 2 is 1.93 bits per heavy atom. The van der Waals surface area contributed by atoms with E-state index in [0.29, 0.717) is 22.7 Å². The van der Waals surface area contributed by atoms with Gasteiger partial charge in [0.1, 0.15) is 12.3 Å². The van der Waals surface area contributed by atoms with E-state index in [4.69, 9.17) is 9.47 Å².